The van der Waals surface area contributed by atoms with E-state index in [4.69, 9.17) is 4.43 Å². The molecule has 0 saturated heterocycles. The third-order valence-corrected chi connectivity index (χ3v) is 12.4. The monoisotopic (exact) mass is 382 g/mol. The summed E-state index contributed by atoms with van der Waals surface area (Å²) < 4.78 is 32.6. The van der Waals surface area contributed by atoms with Crippen LogP contribution in [-0.2, 0) is 19.1 Å². The zero-order valence-corrected chi connectivity index (χ0v) is 17.9. The van der Waals surface area contributed by atoms with Crippen LogP contribution in [0.15, 0.2) is 35.2 Å². The lowest BCUT2D eigenvalue weighted by molar-refractivity contribution is -0.117. The molecule has 1 aliphatic carbocycles. The number of hydrogen-bond acceptors (Lipinski definition) is 4. The van der Waals surface area contributed by atoms with E-state index in [0.717, 1.165) is 0 Å². The fraction of sp³-hybridized carbons (Fsp3) is 0.632. The lowest BCUT2D eigenvalue weighted by Crippen LogP contribution is -2.45. The lowest BCUT2D eigenvalue weighted by atomic mass is 10.0. The van der Waals surface area contributed by atoms with E-state index in [1.807, 2.05) is 6.92 Å². The minimum Gasteiger partial charge on any atom is -0.413 e. The van der Waals surface area contributed by atoms with Gasteiger partial charge in [0.25, 0.3) is 0 Å². The summed E-state index contributed by atoms with van der Waals surface area (Å²) in [7, 11) is -5.76. The standard InChI is InChI=1S/C19H30O4SSi/c1-7-15-17(23-25(5,6)19(2,3)4)13-16(20)18(15)24(21,22)14-11-9-8-10-12-14/h8-12,15,17-18H,7,13H2,1-6H3/t15-,17+,18+/m1/s1. The van der Waals surface area contributed by atoms with Gasteiger partial charge < -0.3 is 4.43 Å². The van der Waals surface area contributed by atoms with Crippen molar-refractivity contribution in [3.05, 3.63) is 30.3 Å². The van der Waals surface area contributed by atoms with Crippen molar-refractivity contribution in [1.29, 1.82) is 0 Å². The van der Waals surface area contributed by atoms with Crippen LogP contribution in [0.4, 0.5) is 0 Å². The molecule has 0 radical (unpaired) electrons. The molecule has 0 unspecified atom stereocenters. The summed E-state index contributed by atoms with van der Waals surface area (Å²) >= 11 is 0. The Morgan fingerprint density at radius 2 is 1.72 bits per heavy atom. The van der Waals surface area contributed by atoms with E-state index in [-0.39, 0.29) is 34.2 Å². The van der Waals surface area contributed by atoms with E-state index in [0.29, 0.717) is 6.42 Å². The summed E-state index contributed by atoms with van der Waals surface area (Å²) in [5.41, 5.74) is 0. The molecule has 1 fully saturated rings. The van der Waals surface area contributed by atoms with Crippen molar-refractivity contribution in [2.24, 2.45) is 5.92 Å². The minimum absolute atomic E-state index is 0.0186. The van der Waals surface area contributed by atoms with Crippen LogP contribution in [-0.4, -0.2) is 33.9 Å². The summed E-state index contributed by atoms with van der Waals surface area (Å²) in [6, 6.07) is 8.29. The zero-order chi connectivity index (χ0) is 19.0. The number of carbonyl (C=O) groups is 1. The zero-order valence-electron chi connectivity index (χ0n) is 16.1. The number of carbonyl (C=O) groups excluding carboxylic acids is 1. The van der Waals surface area contributed by atoms with Crippen LogP contribution in [0.1, 0.15) is 40.5 Å². The second kappa shape index (κ2) is 6.97. The highest BCUT2D eigenvalue weighted by atomic mass is 32.2. The van der Waals surface area contributed by atoms with Crippen LogP contribution >= 0.6 is 0 Å². The molecule has 0 heterocycles. The third kappa shape index (κ3) is 3.91. The molecule has 0 aliphatic heterocycles. The van der Waals surface area contributed by atoms with E-state index >= 15 is 0 Å². The first-order valence-corrected chi connectivity index (χ1v) is 13.4. The van der Waals surface area contributed by atoms with Crippen LogP contribution in [0.5, 0.6) is 0 Å². The van der Waals surface area contributed by atoms with Crippen LogP contribution < -0.4 is 0 Å². The molecular weight excluding hydrogens is 352 g/mol. The lowest BCUT2D eigenvalue weighted by Gasteiger charge is -2.40. The van der Waals surface area contributed by atoms with Crippen molar-refractivity contribution in [3.63, 3.8) is 0 Å². The Kier molecular flexibility index (Phi) is 5.67. The molecule has 1 aliphatic rings. The second-order valence-electron chi connectivity index (χ2n) is 8.44. The molecule has 1 aromatic carbocycles. The summed E-state index contributed by atoms with van der Waals surface area (Å²) in [5.74, 6) is -0.494. The molecule has 1 saturated carbocycles. The smallest absolute Gasteiger partial charge is 0.192 e. The second-order valence-corrected chi connectivity index (χ2v) is 15.3. The largest absolute Gasteiger partial charge is 0.413 e. The van der Waals surface area contributed by atoms with Crippen molar-refractivity contribution in [2.45, 2.75) is 74.9 Å². The highest BCUT2D eigenvalue weighted by molar-refractivity contribution is 7.92. The molecule has 6 heteroatoms. The maximum atomic E-state index is 13.1. The maximum Gasteiger partial charge on any atom is 0.192 e. The van der Waals surface area contributed by atoms with Gasteiger partial charge >= 0.3 is 0 Å². The van der Waals surface area contributed by atoms with Crippen molar-refractivity contribution in [3.8, 4) is 0 Å². The van der Waals surface area contributed by atoms with Crippen LogP contribution in [0, 0.1) is 5.92 Å². The van der Waals surface area contributed by atoms with Crippen molar-refractivity contribution < 1.29 is 17.6 Å². The number of hydrogen-bond donors (Lipinski definition) is 0. The Morgan fingerprint density at radius 1 is 1.16 bits per heavy atom. The van der Waals surface area contributed by atoms with Gasteiger partial charge in [0.15, 0.2) is 23.9 Å². The molecule has 2 rings (SSSR count). The number of Topliss-reactive ketones (excluding diaryl/α,β-unsaturated/α-hetero) is 1. The molecule has 0 amide bonds. The first-order chi connectivity index (χ1) is 11.4. The Morgan fingerprint density at radius 3 is 2.20 bits per heavy atom. The molecule has 4 nitrogen and oxygen atoms in total. The van der Waals surface area contributed by atoms with E-state index in [2.05, 4.69) is 33.9 Å². The summed E-state index contributed by atoms with van der Waals surface area (Å²) in [6.07, 6.45) is 0.505. The average molecular weight is 383 g/mol. The Hall–Kier alpha value is -0.983. The summed E-state index contributed by atoms with van der Waals surface area (Å²) in [4.78, 5) is 12.9. The quantitative estimate of drug-likeness (QED) is 0.716. The van der Waals surface area contributed by atoms with Gasteiger partial charge in [-0.3, -0.25) is 4.79 Å². The Bertz CT molecular complexity index is 720. The van der Waals surface area contributed by atoms with E-state index in [1.54, 1.807) is 30.3 Å². The van der Waals surface area contributed by atoms with Gasteiger partial charge in [0.1, 0.15) is 5.25 Å². The Labute approximate surface area is 153 Å². The fourth-order valence-electron chi connectivity index (χ4n) is 3.22. The third-order valence-electron chi connectivity index (χ3n) is 5.72. The van der Waals surface area contributed by atoms with Crippen LogP contribution in [0.2, 0.25) is 18.1 Å². The van der Waals surface area contributed by atoms with Gasteiger partial charge in [-0.05, 0) is 36.7 Å². The summed E-state index contributed by atoms with van der Waals surface area (Å²) in [5, 5.41) is -0.972. The van der Waals surface area contributed by atoms with E-state index < -0.39 is 23.4 Å². The number of benzene rings is 1. The van der Waals surface area contributed by atoms with Gasteiger partial charge in [0, 0.05) is 12.3 Å². The van der Waals surface area contributed by atoms with Gasteiger partial charge in [-0.25, -0.2) is 8.42 Å². The fourth-order valence-corrected chi connectivity index (χ4v) is 6.69. The van der Waals surface area contributed by atoms with Gasteiger partial charge in [-0.15, -0.1) is 0 Å². The molecule has 0 bridgehead atoms. The SMILES string of the molecule is CC[C@@H]1[C@@H](O[Si](C)(C)C(C)(C)C)CC(=O)[C@H]1S(=O)(=O)c1ccccc1. The molecule has 0 spiro atoms. The Balaban J connectivity index is 2.35. The number of ketones is 1. The highest BCUT2D eigenvalue weighted by Crippen LogP contribution is 2.42. The number of rotatable bonds is 5. The predicted molar refractivity (Wildman–Crippen MR) is 103 cm³/mol. The van der Waals surface area contributed by atoms with E-state index in [9.17, 15) is 13.2 Å². The van der Waals surface area contributed by atoms with Crippen molar-refractivity contribution in [1.82, 2.24) is 0 Å². The van der Waals surface area contributed by atoms with Crippen molar-refractivity contribution >= 4 is 23.9 Å². The topological polar surface area (TPSA) is 60.4 Å². The number of sulfone groups is 1. The normalized spacial score (nSPS) is 25.4. The van der Waals surface area contributed by atoms with E-state index in [1.165, 1.54) is 0 Å². The van der Waals surface area contributed by atoms with Crippen LogP contribution in [0.3, 0.4) is 0 Å². The first kappa shape index (κ1) is 20.3. The first-order valence-electron chi connectivity index (χ1n) is 8.91. The molecule has 0 N–H and O–H groups in total. The summed E-state index contributed by atoms with van der Waals surface area (Å²) in [6.45, 7) is 12.7. The van der Waals surface area contributed by atoms with Crippen molar-refractivity contribution in [2.75, 3.05) is 0 Å². The minimum atomic E-state index is -3.69. The van der Waals surface area contributed by atoms with Gasteiger partial charge in [-0.2, -0.15) is 0 Å². The van der Waals surface area contributed by atoms with Gasteiger partial charge in [-0.1, -0.05) is 45.9 Å². The van der Waals surface area contributed by atoms with Gasteiger partial charge in [0.05, 0.1) is 11.0 Å². The molecule has 140 valence electrons. The molecule has 1 aromatic rings. The highest BCUT2D eigenvalue weighted by Gasteiger charge is 2.52. The molecular formula is C19H30O4SSi. The van der Waals surface area contributed by atoms with Crippen LogP contribution in [0.25, 0.3) is 0 Å². The molecule has 3 atom stereocenters. The maximum absolute atomic E-state index is 13.1. The molecule has 0 aromatic heterocycles. The predicted octanol–water partition coefficient (Wildman–Crippen LogP) is 4.22. The average Bonchev–Trinajstić information content (AvgIpc) is 2.82. The van der Waals surface area contributed by atoms with Gasteiger partial charge in [0.2, 0.25) is 0 Å². The molecule has 25 heavy (non-hydrogen) atoms.